The molecule has 1 saturated heterocycles. The summed E-state index contributed by atoms with van der Waals surface area (Å²) in [5, 5.41) is 2.23. The third-order valence-corrected chi connectivity index (χ3v) is 7.26. The minimum atomic E-state index is -1.24. The monoisotopic (exact) mass is 518 g/mol. The Balaban J connectivity index is 1.79. The maximum atomic E-state index is 13.8. The van der Waals surface area contributed by atoms with E-state index in [-0.39, 0.29) is 29.3 Å². The number of hydrazine groups is 1. The Kier molecular flexibility index (Phi) is 7.57. The molecule has 184 valence electrons. The van der Waals surface area contributed by atoms with Crippen LogP contribution in [0.1, 0.15) is 53.3 Å². The molecule has 4 rings (SSSR count). The van der Waals surface area contributed by atoms with Gasteiger partial charge in [-0.05, 0) is 80.1 Å². The Morgan fingerprint density at radius 2 is 1.60 bits per heavy atom. The van der Waals surface area contributed by atoms with Gasteiger partial charge in [0.25, 0.3) is 17.7 Å². The van der Waals surface area contributed by atoms with Gasteiger partial charge in [-0.2, -0.15) is 5.01 Å². The van der Waals surface area contributed by atoms with Gasteiger partial charge >= 0.3 is 0 Å². The number of carbonyl (C=O) groups is 4. The van der Waals surface area contributed by atoms with E-state index in [1.807, 2.05) is 6.92 Å². The third kappa shape index (κ3) is 4.98. The highest BCUT2D eigenvalue weighted by molar-refractivity contribution is 6.30. The van der Waals surface area contributed by atoms with E-state index in [2.05, 4.69) is 0 Å². The summed E-state index contributed by atoms with van der Waals surface area (Å²) < 4.78 is 13.5. The standard InChI is InChI=1S/C26H25Cl2FN2O4/c1-15-2-11-20-21(14-15)26(35)31(25(20)34)30(24(33)17-3-7-18(28)8-4-17)22(12-13-27)23(32)16-5-9-19(29)10-6-16/h3-10,15,20-22H,2,11-14H2,1H3/t15-,20+,21-,22+/m1/s1. The molecule has 4 atom stereocenters. The van der Waals surface area contributed by atoms with Crippen molar-refractivity contribution in [1.29, 1.82) is 0 Å². The highest BCUT2D eigenvalue weighted by Crippen LogP contribution is 2.42. The Bertz CT molecular complexity index is 1140. The van der Waals surface area contributed by atoms with E-state index in [4.69, 9.17) is 23.2 Å². The van der Waals surface area contributed by atoms with Crippen molar-refractivity contribution in [2.24, 2.45) is 17.8 Å². The molecule has 0 radical (unpaired) electrons. The summed E-state index contributed by atoms with van der Waals surface area (Å²) >= 11 is 12.0. The lowest BCUT2D eigenvalue weighted by Gasteiger charge is -2.36. The molecule has 2 fully saturated rings. The van der Waals surface area contributed by atoms with Crippen molar-refractivity contribution in [2.45, 2.75) is 38.6 Å². The van der Waals surface area contributed by atoms with E-state index in [9.17, 15) is 23.6 Å². The number of hydrogen-bond acceptors (Lipinski definition) is 4. The highest BCUT2D eigenvalue weighted by Gasteiger charge is 2.54. The second-order valence-corrected chi connectivity index (χ2v) is 9.96. The van der Waals surface area contributed by atoms with Gasteiger partial charge in [-0.25, -0.2) is 9.40 Å². The molecule has 0 aromatic heterocycles. The van der Waals surface area contributed by atoms with E-state index in [1.165, 1.54) is 36.4 Å². The van der Waals surface area contributed by atoms with E-state index in [1.54, 1.807) is 0 Å². The smallest absolute Gasteiger partial charge is 0.273 e. The summed E-state index contributed by atoms with van der Waals surface area (Å²) in [7, 11) is 0. The number of Topliss-reactive ketones (excluding diaryl/α,β-unsaturated/α-hetero) is 1. The maximum absolute atomic E-state index is 13.8. The number of hydrogen-bond donors (Lipinski definition) is 0. The lowest BCUT2D eigenvalue weighted by molar-refractivity contribution is -0.156. The molecule has 2 aromatic rings. The zero-order valence-corrected chi connectivity index (χ0v) is 20.6. The Morgan fingerprint density at radius 1 is 1.00 bits per heavy atom. The summed E-state index contributed by atoms with van der Waals surface area (Å²) in [5.41, 5.74) is 0.297. The third-order valence-electron chi connectivity index (χ3n) is 6.79. The number of amides is 3. The van der Waals surface area contributed by atoms with Crippen LogP contribution in [0.25, 0.3) is 0 Å². The molecule has 1 aliphatic heterocycles. The van der Waals surface area contributed by atoms with Crippen molar-refractivity contribution in [3.05, 3.63) is 70.5 Å². The van der Waals surface area contributed by atoms with Crippen LogP contribution in [0.3, 0.4) is 0 Å². The first-order valence-electron chi connectivity index (χ1n) is 11.6. The fraction of sp³-hybridized carbons (Fsp3) is 0.385. The van der Waals surface area contributed by atoms with E-state index < -0.39 is 47.2 Å². The number of halogens is 3. The number of ketones is 1. The molecule has 0 N–H and O–H groups in total. The van der Waals surface area contributed by atoms with Gasteiger partial charge in [0.1, 0.15) is 11.9 Å². The summed E-state index contributed by atoms with van der Waals surface area (Å²) in [6.45, 7) is 2.03. The molecule has 6 nitrogen and oxygen atoms in total. The van der Waals surface area contributed by atoms with Crippen molar-refractivity contribution in [3.8, 4) is 0 Å². The Hall–Kier alpha value is -2.77. The molecule has 2 aromatic carbocycles. The number of rotatable bonds is 7. The number of alkyl halides is 1. The molecule has 3 amide bonds. The summed E-state index contributed by atoms with van der Waals surface area (Å²) in [6.07, 6.45) is 1.88. The molecule has 2 aliphatic rings. The maximum Gasteiger partial charge on any atom is 0.273 e. The zero-order valence-electron chi connectivity index (χ0n) is 19.1. The van der Waals surface area contributed by atoms with Crippen molar-refractivity contribution < 1.29 is 23.6 Å². The van der Waals surface area contributed by atoms with Crippen LogP contribution in [0.2, 0.25) is 5.02 Å². The number of nitrogens with zero attached hydrogens (tertiary/aromatic N) is 2. The number of imide groups is 1. The van der Waals surface area contributed by atoms with Crippen LogP contribution in [0, 0.1) is 23.6 Å². The van der Waals surface area contributed by atoms with Crippen molar-refractivity contribution in [1.82, 2.24) is 10.0 Å². The van der Waals surface area contributed by atoms with Gasteiger partial charge in [-0.1, -0.05) is 18.5 Å². The predicted molar refractivity (Wildman–Crippen MR) is 129 cm³/mol. The van der Waals surface area contributed by atoms with Crippen LogP contribution in [0.5, 0.6) is 0 Å². The van der Waals surface area contributed by atoms with Gasteiger partial charge in [0, 0.05) is 22.0 Å². The SMILES string of the molecule is C[C@@H]1CC[C@@H]2C(=O)N(N(C(=O)c3ccc(Cl)cc3)[C@@H](CCCl)C(=O)c3ccc(F)cc3)C(=O)[C@@H]2C1. The minimum absolute atomic E-state index is 0.0118. The summed E-state index contributed by atoms with van der Waals surface area (Å²) in [6, 6.07) is 9.61. The fourth-order valence-electron chi connectivity index (χ4n) is 4.96. The molecule has 0 spiro atoms. The second kappa shape index (κ2) is 10.5. The van der Waals surface area contributed by atoms with Crippen LogP contribution < -0.4 is 0 Å². The molecular weight excluding hydrogens is 494 g/mol. The zero-order chi connectivity index (χ0) is 25.3. The number of benzene rings is 2. The lowest BCUT2D eigenvalue weighted by atomic mass is 9.76. The van der Waals surface area contributed by atoms with Crippen LogP contribution >= 0.6 is 23.2 Å². The van der Waals surface area contributed by atoms with Crippen LogP contribution in [-0.4, -0.2) is 45.4 Å². The normalized spacial score (nSPS) is 22.6. The first-order valence-corrected chi connectivity index (χ1v) is 12.5. The molecule has 0 unspecified atom stereocenters. The first kappa shape index (κ1) is 25.3. The number of fused-ring (bicyclic) bond motifs is 1. The van der Waals surface area contributed by atoms with Gasteiger partial charge in [-0.3, -0.25) is 19.2 Å². The van der Waals surface area contributed by atoms with Crippen LogP contribution in [0.4, 0.5) is 4.39 Å². The molecule has 9 heteroatoms. The van der Waals surface area contributed by atoms with Gasteiger partial charge < -0.3 is 0 Å². The molecule has 35 heavy (non-hydrogen) atoms. The minimum Gasteiger partial charge on any atom is -0.292 e. The average molecular weight is 519 g/mol. The summed E-state index contributed by atoms with van der Waals surface area (Å²) in [4.78, 5) is 54.4. The van der Waals surface area contributed by atoms with Gasteiger partial charge in [0.2, 0.25) is 0 Å². The van der Waals surface area contributed by atoms with Crippen LogP contribution in [0.15, 0.2) is 48.5 Å². The van der Waals surface area contributed by atoms with Crippen molar-refractivity contribution in [2.75, 3.05) is 5.88 Å². The predicted octanol–water partition coefficient (Wildman–Crippen LogP) is 5.14. The van der Waals surface area contributed by atoms with Crippen LogP contribution in [-0.2, 0) is 9.59 Å². The quantitative estimate of drug-likeness (QED) is 0.289. The van der Waals surface area contributed by atoms with Gasteiger partial charge in [-0.15, -0.1) is 11.6 Å². The van der Waals surface area contributed by atoms with Gasteiger partial charge in [0.15, 0.2) is 5.78 Å². The largest absolute Gasteiger partial charge is 0.292 e. The summed E-state index contributed by atoms with van der Waals surface area (Å²) in [5.74, 6) is -3.54. The molecule has 0 bridgehead atoms. The lowest BCUT2D eigenvalue weighted by Crippen LogP contribution is -2.57. The highest BCUT2D eigenvalue weighted by atomic mass is 35.5. The second-order valence-electron chi connectivity index (χ2n) is 9.14. The average Bonchev–Trinajstić information content (AvgIpc) is 3.08. The molecule has 1 saturated carbocycles. The van der Waals surface area contributed by atoms with Crippen molar-refractivity contribution in [3.63, 3.8) is 0 Å². The van der Waals surface area contributed by atoms with Gasteiger partial charge in [0.05, 0.1) is 11.8 Å². The number of carbonyl (C=O) groups excluding carboxylic acids is 4. The topological polar surface area (TPSA) is 74.8 Å². The van der Waals surface area contributed by atoms with E-state index >= 15 is 0 Å². The first-order chi connectivity index (χ1) is 16.7. The fourth-order valence-corrected chi connectivity index (χ4v) is 5.29. The van der Waals surface area contributed by atoms with E-state index in [0.29, 0.717) is 17.9 Å². The van der Waals surface area contributed by atoms with Crippen molar-refractivity contribution >= 4 is 46.7 Å². The molecular formula is C26H25Cl2FN2O4. The Morgan fingerprint density at radius 3 is 2.23 bits per heavy atom. The van der Waals surface area contributed by atoms with E-state index in [0.717, 1.165) is 28.6 Å². The molecule has 1 aliphatic carbocycles. The Labute approximate surface area is 212 Å². The molecule has 1 heterocycles.